The van der Waals surface area contributed by atoms with Crippen molar-refractivity contribution in [3.8, 4) is 22.6 Å². The predicted octanol–water partition coefficient (Wildman–Crippen LogP) is 7.50. The van der Waals surface area contributed by atoms with E-state index in [0.29, 0.717) is 63.3 Å². The molecule has 4 fully saturated rings. The molecule has 1 aromatic heterocycles. The van der Waals surface area contributed by atoms with Crippen LogP contribution >= 0.6 is 11.6 Å². The van der Waals surface area contributed by atoms with Crippen molar-refractivity contribution in [2.24, 2.45) is 18.9 Å². The first-order valence-corrected chi connectivity index (χ1v) is 25.8. The molecule has 2 atom stereocenters. The Morgan fingerprint density at radius 3 is 2.35 bits per heavy atom. The monoisotopic (exact) mass is 1040 g/mol. The van der Waals surface area contributed by atoms with E-state index in [1.807, 2.05) is 42.2 Å². The Kier molecular flexibility index (Phi) is 14.4. The topological polar surface area (TPSA) is 171 Å². The number of anilines is 1. The van der Waals surface area contributed by atoms with Gasteiger partial charge in [0.2, 0.25) is 11.8 Å². The zero-order chi connectivity index (χ0) is 52.2. The van der Waals surface area contributed by atoms with Crippen LogP contribution in [0, 0.1) is 35.1 Å². The molecule has 0 spiro atoms. The van der Waals surface area contributed by atoms with Gasteiger partial charge in [-0.1, -0.05) is 48.9 Å². The third-order valence-electron chi connectivity index (χ3n) is 15.9. The summed E-state index contributed by atoms with van der Waals surface area (Å²) in [4.78, 5) is 56.8. The summed E-state index contributed by atoms with van der Waals surface area (Å²) in [7, 11) is 2.96. The second-order valence-electron chi connectivity index (χ2n) is 20.3. The van der Waals surface area contributed by atoms with Gasteiger partial charge in [-0.2, -0.15) is 5.10 Å². The van der Waals surface area contributed by atoms with Crippen LogP contribution in [-0.2, 0) is 22.2 Å². The second-order valence-corrected chi connectivity index (χ2v) is 20.7. The third-order valence-corrected chi connectivity index (χ3v) is 16.3. The maximum atomic E-state index is 16.6. The van der Waals surface area contributed by atoms with Gasteiger partial charge in [0.1, 0.15) is 29.5 Å². The number of aliphatic hydroxyl groups is 1. The maximum Gasteiger partial charge on any atom is 0.329 e. The number of aromatic nitrogens is 2. The minimum Gasteiger partial charge on any atom is -0.488 e. The standard InChI is InChI=1S/C54H59ClF4N8O7/c1-29-42-40(24-38(57)46(55)45(42)44-35(51(70)60-2)13-14-39(47(44)58)73-22-21-68)74-54(29,33-7-5-4-6-8-33)28-61-34-11-9-32(10-12-34)52(71)66-26-30(27-66)25-65-18-15-31(16-19-65)43-37(56)23-36-49(48(43)59)64(3)63-50(36)67-20-17-41(69)62-53(67)72/h4-8,13-14,23-24,29-32,34,61,68H,9-12,15-22,25-28H2,1-3H3,(H,60,70)(H,62,69,72). The summed E-state index contributed by atoms with van der Waals surface area (Å²) < 4.78 is 78.2. The number of carbonyl (C=O) groups is 4. The number of imide groups is 1. The van der Waals surface area contributed by atoms with Crippen LogP contribution in [0.5, 0.6) is 11.5 Å². The summed E-state index contributed by atoms with van der Waals surface area (Å²) in [6.07, 6.45) is 4.01. The molecule has 5 heterocycles. The molecule has 74 heavy (non-hydrogen) atoms. The number of amides is 5. The molecule has 3 saturated heterocycles. The number of urea groups is 1. The SMILES string of the molecule is CNC(=O)c1ccc(OCCO)c(F)c1-c1c(Cl)c(F)cc2c1C(C)C(CNC1CCC(C(=O)N3CC(CN4CCC(c5c(F)cc6c(N7CCC(=O)NC7=O)nn(C)c6c5F)CC4)C3)CC1)(c1ccccc1)O2. The molecule has 2 unspecified atom stereocenters. The lowest BCUT2D eigenvalue weighted by Crippen LogP contribution is -2.56. The number of nitrogens with one attached hydrogen (secondary N) is 3. The van der Waals surface area contributed by atoms with Gasteiger partial charge in [0.25, 0.3) is 5.91 Å². The van der Waals surface area contributed by atoms with Crippen molar-refractivity contribution >= 4 is 52.1 Å². The summed E-state index contributed by atoms with van der Waals surface area (Å²) >= 11 is 6.77. The van der Waals surface area contributed by atoms with Crippen LogP contribution < -0.4 is 30.3 Å². The molecule has 0 bridgehead atoms. The van der Waals surface area contributed by atoms with Crippen molar-refractivity contribution in [1.82, 2.24) is 35.5 Å². The molecule has 5 aromatic rings. The zero-order valence-corrected chi connectivity index (χ0v) is 42.2. The molecule has 10 rings (SSSR count). The van der Waals surface area contributed by atoms with Crippen LogP contribution in [0.1, 0.15) is 90.8 Å². The highest BCUT2D eigenvalue weighted by Crippen LogP contribution is 2.57. The normalized spacial score (nSPS) is 22.6. The van der Waals surface area contributed by atoms with Crippen molar-refractivity contribution in [1.29, 1.82) is 0 Å². The molecular formula is C54H59ClF4N8O7. The molecule has 4 aliphatic heterocycles. The minimum atomic E-state index is -1.12. The van der Waals surface area contributed by atoms with E-state index in [2.05, 4.69) is 25.9 Å². The lowest BCUT2D eigenvalue weighted by atomic mass is 9.77. The predicted molar refractivity (Wildman–Crippen MR) is 268 cm³/mol. The molecule has 15 nitrogen and oxygen atoms in total. The van der Waals surface area contributed by atoms with E-state index in [-0.39, 0.29) is 112 Å². The number of aryl methyl sites for hydroxylation is 1. The molecule has 5 amide bonds. The van der Waals surface area contributed by atoms with E-state index in [0.717, 1.165) is 24.9 Å². The van der Waals surface area contributed by atoms with Crippen molar-refractivity contribution in [2.45, 2.75) is 75.3 Å². The number of halogens is 5. The smallest absolute Gasteiger partial charge is 0.329 e. The number of fused-ring (bicyclic) bond motifs is 2. The van der Waals surface area contributed by atoms with Crippen molar-refractivity contribution in [2.75, 3.05) is 71.0 Å². The van der Waals surface area contributed by atoms with Crippen LogP contribution in [0.3, 0.4) is 0 Å². The second kappa shape index (κ2) is 20.8. The van der Waals surface area contributed by atoms with E-state index < -0.39 is 52.6 Å². The number of piperidine rings is 1. The van der Waals surface area contributed by atoms with Crippen molar-refractivity contribution < 1.29 is 51.3 Å². The summed E-state index contributed by atoms with van der Waals surface area (Å²) in [5, 5.41) is 22.0. The van der Waals surface area contributed by atoms with Gasteiger partial charge < -0.3 is 35.0 Å². The number of nitrogens with zero attached hydrogens (tertiary/aromatic N) is 5. The molecule has 4 aromatic carbocycles. The van der Waals surface area contributed by atoms with Gasteiger partial charge in [0, 0.05) is 105 Å². The Labute approximate surface area is 430 Å². The van der Waals surface area contributed by atoms with Gasteiger partial charge in [-0.25, -0.2) is 22.4 Å². The Balaban J connectivity index is 0.751. The summed E-state index contributed by atoms with van der Waals surface area (Å²) in [6.45, 7) is 5.04. The lowest BCUT2D eigenvalue weighted by Gasteiger charge is -2.45. The summed E-state index contributed by atoms with van der Waals surface area (Å²) in [5.74, 6) is -4.77. The van der Waals surface area contributed by atoms with Crippen LogP contribution in [0.2, 0.25) is 5.02 Å². The molecule has 5 aliphatic rings. The van der Waals surface area contributed by atoms with Crippen molar-refractivity contribution in [3.05, 3.63) is 105 Å². The third kappa shape index (κ3) is 9.23. The molecular weight excluding hydrogens is 984 g/mol. The van der Waals surface area contributed by atoms with Crippen LogP contribution in [0.15, 0.2) is 54.6 Å². The number of benzene rings is 4. The number of ether oxygens (including phenoxy) is 2. The van der Waals surface area contributed by atoms with Crippen LogP contribution in [-0.4, -0.2) is 121 Å². The first kappa shape index (κ1) is 51.2. The molecule has 20 heteroatoms. The van der Waals surface area contributed by atoms with Gasteiger partial charge in [-0.3, -0.25) is 29.3 Å². The Bertz CT molecular complexity index is 3010. The molecule has 1 saturated carbocycles. The highest BCUT2D eigenvalue weighted by Gasteiger charge is 2.51. The largest absolute Gasteiger partial charge is 0.488 e. The fraction of sp³-hybridized carbons (Fsp3) is 0.463. The van der Waals surface area contributed by atoms with E-state index in [4.69, 9.17) is 21.1 Å². The van der Waals surface area contributed by atoms with Gasteiger partial charge in [0.05, 0.1) is 22.6 Å². The minimum absolute atomic E-state index is 0.0234. The number of aliphatic hydroxyl groups excluding tert-OH is 1. The first-order valence-electron chi connectivity index (χ1n) is 25.4. The van der Waals surface area contributed by atoms with E-state index in [9.17, 15) is 24.3 Å². The van der Waals surface area contributed by atoms with Gasteiger partial charge in [0.15, 0.2) is 28.8 Å². The van der Waals surface area contributed by atoms with Crippen molar-refractivity contribution in [3.63, 3.8) is 0 Å². The summed E-state index contributed by atoms with van der Waals surface area (Å²) in [6, 6.07) is 14.0. The zero-order valence-electron chi connectivity index (χ0n) is 41.4. The van der Waals surface area contributed by atoms with Gasteiger partial charge >= 0.3 is 6.03 Å². The fourth-order valence-electron chi connectivity index (χ4n) is 12.0. The number of hydrogen-bond acceptors (Lipinski definition) is 10. The highest BCUT2D eigenvalue weighted by atomic mass is 35.5. The highest BCUT2D eigenvalue weighted by molar-refractivity contribution is 6.34. The maximum absolute atomic E-state index is 16.6. The summed E-state index contributed by atoms with van der Waals surface area (Å²) in [5.41, 5.74) is -0.144. The number of carbonyl (C=O) groups excluding carboxylic acids is 4. The van der Waals surface area contributed by atoms with E-state index in [1.54, 1.807) is 7.05 Å². The molecule has 0 radical (unpaired) electrons. The van der Waals surface area contributed by atoms with Gasteiger partial charge in [-0.15, -0.1) is 0 Å². The van der Waals surface area contributed by atoms with E-state index >= 15 is 17.6 Å². The Hall–Kier alpha value is -6.28. The first-order chi connectivity index (χ1) is 35.6. The number of likely N-dealkylation sites (tertiary alicyclic amines) is 2. The van der Waals surface area contributed by atoms with Crippen LogP contribution in [0.25, 0.3) is 22.0 Å². The molecule has 4 N–H and O–H groups in total. The fourth-order valence-corrected chi connectivity index (χ4v) is 12.3. The average molecular weight is 1040 g/mol. The Morgan fingerprint density at radius 1 is 0.932 bits per heavy atom. The van der Waals surface area contributed by atoms with E-state index in [1.165, 1.54) is 40.9 Å². The molecule has 1 aliphatic carbocycles. The van der Waals surface area contributed by atoms with Crippen LogP contribution in [0.4, 0.5) is 28.2 Å². The Morgan fingerprint density at radius 2 is 1.66 bits per heavy atom. The quantitative estimate of drug-likeness (QED) is 0.0817. The molecule has 392 valence electrons. The van der Waals surface area contributed by atoms with Gasteiger partial charge in [-0.05, 0) is 81.3 Å². The lowest BCUT2D eigenvalue weighted by molar-refractivity contribution is -0.143. The number of hydrogen-bond donors (Lipinski definition) is 4. The average Bonchev–Trinajstić information content (AvgIpc) is 3.86. The number of rotatable bonds is 14.